The van der Waals surface area contributed by atoms with Crippen LogP contribution in [0, 0.1) is 5.41 Å². The molecular formula is C13H19ClN4S. The van der Waals surface area contributed by atoms with Crippen LogP contribution in [0.15, 0.2) is 12.3 Å². The number of thioether (sulfide) groups is 1. The van der Waals surface area contributed by atoms with Crippen molar-refractivity contribution in [3.05, 3.63) is 22.8 Å². The fourth-order valence-corrected chi connectivity index (χ4v) is 3.53. The number of hydrogen-bond donors (Lipinski definition) is 2. The molecule has 0 spiro atoms. The van der Waals surface area contributed by atoms with Crippen molar-refractivity contribution in [3.63, 3.8) is 0 Å². The van der Waals surface area contributed by atoms with Crippen LogP contribution in [0.3, 0.4) is 0 Å². The zero-order valence-corrected chi connectivity index (χ0v) is 12.8. The van der Waals surface area contributed by atoms with Gasteiger partial charge >= 0.3 is 0 Å². The van der Waals surface area contributed by atoms with Gasteiger partial charge in [0.1, 0.15) is 11.7 Å². The van der Waals surface area contributed by atoms with Crippen molar-refractivity contribution in [1.82, 2.24) is 4.98 Å². The molecule has 1 fully saturated rings. The molecule has 19 heavy (non-hydrogen) atoms. The Morgan fingerprint density at radius 2 is 2.26 bits per heavy atom. The van der Waals surface area contributed by atoms with E-state index in [0.29, 0.717) is 15.3 Å². The van der Waals surface area contributed by atoms with Crippen molar-refractivity contribution in [2.24, 2.45) is 5.73 Å². The van der Waals surface area contributed by atoms with E-state index < -0.39 is 0 Å². The molecule has 0 atom stereocenters. The first-order chi connectivity index (χ1) is 8.91. The summed E-state index contributed by atoms with van der Waals surface area (Å²) >= 11 is 8.31. The fourth-order valence-electron chi connectivity index (χ4n) is 2.09. The highest BCUT2D eigenvalue weighted by Crippen LogP contribution is 2.34. The zero-order chi connectivity index (χ0) is 14.0. The van der Waals surface area contributed by atoms with Crippen molar-refractivity contribution < 1.29 is 0 Å². The molecule has 0 unspecified atom stereocenters. The maximum Gasteiger partial charge on any atom is 0.148 e. The Bertz CT molecular complexity index is 490. The molecule has 0 bridgehead atoms. The van der Waals surface area contributed by atoms with Gasteiger partial charge < -0.3 is 10.6 Å². The molecule has 0 amide bonds. The Kier molecular flexibility index (Phi) is 4.26. The third kappa shape index (κ3) is 3.34. The lowest BCUT2D eigenvalue weighted by Crippen LogP contribution is -2.28. The van der Waals surface area contributed by atoms with Gasteiger partial charge in [-0.1, -0.05) is 25.4 Å². The average molecular weight is 299 g/mol. The number of hydrogen-bond acceptors (Lipinski definition) is 4. The highest BCUT2D eigenvalue weighted by atomic mass is 35.5. The van der Waals surface area contributed by atoms with Gasteiger partial charge in [0.2, 0.25) is 0 Å². The fraction of sp³-hybridized carbons (Fsp3) is 0.538. The standard InChI is InChI=1S/C13H19ClN4S/c1-13(2)4-6-18(7-8-19-13)12-10(14)9(11(15)16)3-5-17-12/h3,5H,4,6-8H2,1-2H3,(H3,15,16). The molecule has 1 aromatic heterocycles. The van der Waals surface area contributed by atoms with Gasteiger partial charge in [0, 0.05) is 35.3 Å². The molecule has 1 aromatic rings. The number of aromatic nitrogens is 1. The molecule has 3 N–H and O–H groups in total. The summed E-state index contributed by atoms with van der Waals surface area (Å²) in [6, 6.07) is 1.69. The van der Waals surface area contributed by atoms with E-state index in [1.807, 2.05) is 11.8 Å². The van der Waals surface area contributed by atoms with Crippen LogP contribution in [-0.2, 0) is 0 Å². The number of amidine groups is 1. The highest BCUT2D eigenvalue weighted by Gasteiger charge is 2.25. The van der Waals surface area contributed by atoms with Crippen LogP contribution in [0.4, 0.5) is 5.82 Å². The maximum absolute atomic E-state index is 7.54. The predicted octanol–water partition coefficient (Wildman–Crippen LogP) is 2.74. The SMILES string of the molecule is CC1(C)CCN(c2nccc(C(=N)N)c2Cl)CCS1. The minimum absolute atomic E-state index is 0.0156. The summed E-state index contributed by atoms with van der Waals surface area (Å²) in [5, 5.41) is 8.02. The van der Waals surface area contributed by atoms with Crippen molar-refractivity contribution in [2.45, 2.75) is 25.0 Å². The van der Waals surface area contributed by atoms with E-state index in [9.17, 15) is 0 Å². The van der Waals surface area contributed by atoms with E-state index in [4.69, 9.17) is 22.7 Å². The van der Waals surface area contributed by atoms with Gasteiger partial charge in [0.05, 0.1) is 5.02 Å². The minimum atomic E-state index is -0.0156. The Hall–Kier alpha value is -0.940. The van der Waals surface area contributed by atoms with Crippen molar-refractivity contribution in [2.75, 3.05) is 23.7 Å². The molecule has 1 aliphatic heterocycles. The molecular weight excluding hydrogens is 280 g/mol. The summed E-state index contributed by atoms with van der Waals surface area (Å²) < 4.78 is 0.291. The van der Waals surface area contributed by atoms with Gasteiger partial charge in [0.25, 0.3) is 0 Å². The van der Waals surface area contributed by atoms with Crippen LogP contribution in [0.5, 0.6) is 0 Å². The molecule has 1 aliphatic rings. The maximum atomic E-state index is 7.54. The number of rotatable bonds is 2. The summed E-state index contributed by atoms with van der Waals surface area (Å²) in [4.78, 5) is 6.56. The summed E-state index contributed by atoms with van der Waals surface area (Å²) in [5.41, 5.74) is 6.09. The van der Waals surface area contributed by atoms with Crippen LogP contribution < -0.4 is 10.6 Å². The van der Waals surface area contributed by atoms with Gasteiger partial charge in [-0.05, 0) is 12.5 Å². The average Bonchev–Trinajstić information content (AvgIpc) is 2.50. The van der Waals surface area contributed by atoms with Gasteiger partial charge in [-0.15, -0.1) is 0 Å². The quantitative estimate of drug-likeness (QED) is 0.651. The van der Waals surface area contributed by atoms with E-state index in [0.717, 1.165) is 31.1 Å². The second-order valence-corrected chi connectivity index (χ2v) is 7.44. The Morgan fingerprint density at radius 1 is 1.53 bits per heavy atom. The summed E-state index contributed by atoms with van der Waals surface area (Å²) in [6.45, 7) is 6.38. The van der Waals surface area contributed by atoms with Crippen LogP contribution in [0.1, 0.15) is 25.8 Å². The molecule has 104 valence electrons. The van der Waals surface area contributed by atoms with Crippen molar-refractivity contribution in [3.8, 4) is 0 Å². The lowest BCUT2D eigenvalue weighted by Gasteiger charge is -2.24. The molecule has 0 aliphatic carbocycles. The number of anilines is 1. The number of pyridine rings is 1. The second-order valence-electron chi connectivity index (χ2n) is 5.25. The van der Waals surface area contributed by atoms with Crippen LogP contribution in [0.25, 0.3) is 0 Å². The van der Waals surface area contributed by atoms with Crippen LogP contribution >= 0.6 is 23.4 Å². The topological polar surface area (TPSA) is 66.0 Å². The minimum Gasteiger partial charge on any atom is -0.384 e. The van der Waals surface area contributed by atoms with Gasteiger partial charge in [-0.3, -0.25) is 5.41 Å². The summed E-state index contributed by atoms with van der Waals surface area (Å²) in [7, 11) is 0. The number of nitrogens with zero attached hydrogens (tertiary/aromatic N) is 2. The molecule has 2 heterocycles. The van der Waals surface area contributed by atoms with Gasteiger partial charge in [0.15, 0.2) is 0 Å². The molecule has 2 rings (SSSR count). The molecule has 0 radical (unpaired) electrons. The smallest absolute Gasteiger partial charge is 0.148 e. The molecule has 6 heteroatoms. The largest absolute Gasteiger partial charge is 0.384 e. The second kappa shape index (κ2) is 5.59. The van der Waals surface area contributed by atoms with E-state index >= 15 is 0 Å². The number of nitrogens with one attached hydrogen (secondary N) is 1. The lowest BCUT2D eigenvalue weighted by atomic mass is 10.1. The predicted molar refractivity (Wildman–Crippen MR) is 83.6 cm³/mol. The molecule has 0 aromatic carbocycles. The monoisotopic (exact) mass is 298 g/mol. The van der Waals surface area contributed by atoms with E-state index in [2.05, 4.69) is 23.7 Å². The Labute approximate surface area is 123 Å². The Balaban J connectivity index is 2.27. The zero-order valence-electron chi connectivity index (χ0n) is 11.2. The summed E-state index contributed by atoms with van der Waals surface area (Å²) in [6.07, 6.45) is 2.75. The van der Waals surface area contributed by atoms with Crippen molar-refractivity contribution in [1.29, 1.82) is 5.41 Å². The first-order valence-corrected chi connectivity index (χ1v) is 7.65. The van der Waals surface area contributed by atoms with Crippen LogP contribution in [-0.4, -0.2) is 34.4 Å². The normalized spacial score (nSPS) is 19.0. The third-order valence-corrected chi connectivity index (χ3v) is 5.04. The van der Waals surface area contributed by atoms with Gasteiger partial charge in [-0.2, -0.15) is 11.8 Å². The van der Waals surface area contributed by atoms with Crippen LogP contribution in [0.2, 0.25) is 5.02 Å². The first-order valence-electron chi connectivity index (χ1n) is 6.28. The summed E-state index contributed by atoms with van der Waals surface area (Å²) in [5.74, 6) is 1.78. The highest BCUT2D eigenvalue weighted by molar-refractivity contribution is 8.00. The molecule has 1 saturated heterocycles. The van der Waals surface area contributed by atoms with E-state index in [1.54, 1.807) is 12.3 Å². The van der Waals surface area contributed by atoms with Crippen molar-refractivity contribution >= 4 is 35.0 Å². The van der Waals surface area contributed by atoms with Gasteiger partial charge in [-0.25, -0.2) is 4.98 Å². The van der Waals surface area contributed by atoms with E-state index in [-0.39, 0.29) is 5.84 Å². The lowest BCUT2D eigenvalue weighted by molar-refractivity contribution is 0.635. The van der Waals surface area contributed by atoms with E-state index in [1.165, 1.54) is 0 Å². The third-order valence-electron chi connectivity index (χ3n) is 3.30. The molecule has 0 saturated carbocycles. The first kappa shape index (κ1) is 14.5. The molecule has 4 nitrogen and oxygen atoms in total. The Morgan fingerprint density at radius 3 is 2.95 bits per heavy atom. The number of nitrogen functional groups attached to an aromatic ring is 1. The number of nitrogens with two attached hydrogens (primary N) is 1. The number of halogens is 1.